The number of hydrogen-bond donors (Lipinski definition) is 2. The number of aromatic carboxylic acids is 2. The Bertz CT molecular complexity index is 1540. The molecule has 2 aliphatic heterocycles. The molecule has 2 unspecified atom stereocenters. The molecule has 246 valence electrons. The molecule has 2 fully saturated rings. The van der Waals surface area contributed by atoms with Gasteiger partial charge in [-0.1, -0.05) is 71.1 Å². The van der Waals surface area contributed by atoms with E-state index in [2.05, 4.69) is 26.8 Å². The van der Waals surface area contributed by atoms with E-state index in [4.69, 9.17) is 18.9 Å². The number of hydrogen-bond acceptors (Lipinski definition) is 6. The lowest BCUT2D eigenvalue weighted by Gasteiger charge is -2.22. The molecule has 0 amide bonds. The molecule has 3 aromatic rings. The minimum Gasteiger partial charge on any atom is -0.490 e. The minimum absolute atomic E-state index is 0.0720. The molecule has 0 radical (unpaired) electrons. The lowest BCUT2D eigenvalue weighted by molar-refractivity contribution is 0.0686. The molecular formula is C38H46O8. The topological polar surface area (TPSA) is 118 Å². The van der Waals surface area contributed by atoms with E-state index in [1.807, 2.05) is 12.1 Å². The molecule has 2 atom stereocenters. The maximum atomic E-state index is 12.7. The number of ether oxygens (including phenoxy) is 4. The molecule has 8 nitrogen and oxygen atoms in total. The predicted octanol–water partition coefficient (Wildman–Crippen LogP) is 8.00. The highest BCUT2D eigenvalue weighted by Gasteiger charge is 2.28. The van der Waals surface area contributed by atoms with Crippen molar-refractivity contribution in [2.24, 2.45) is 0 Å². The zero-order chi connectivity index (χ0) is 32.6. The molecule has 2 heterocycles. The standard InChI is InChI=1S/C38H46O8/c1-4-7-8-9-12-24-19-25(35-29(10-5-2)33(45-22-26-20-43-26)17-15-31(35)37(39)40)13-14-28(24)36-30(11-6-3)34(46-23-27-21-44-27)18-16-32(36)38(41)42/h13-19,26-27H,4-12,20-23H2,1-3H3,(H,39,40)(H,41,42). The minimum atomic E-state index is -0.999. The van der Waals surface area contributed by atoms with Crippen LogP contribution in [-0.2, 0) is 28.7 Å². The molecule has 0 aromatic heterocycles. The number of benzene rings is 3. The summed E-state index contributed by atoms with van der Waals surface area (Å²) in [5.74, 6) is -0.635. The van der Waals surface area contributed by atoms with Gasteiger partial charge in [-0.15, -0.1) is 0 Å². The van der Waals surface area contributed by atoms with Gasteiger partial charge in [-0.3, -0.25) is 0 Å². The van der Waals surface area contributed by atoms with Crippen LogP contribution in [0.15, 0.2) is 42.5 Å². The summed E-state index contributed by atoms with van der Waals surface area (Å²) in [5.41, 5.74) is 6.15. The smallest absolute Gasteiger partial charge is 0.336 e. The van der Waals surface area contributed by atoms with Crippen molar-refractivity contribution >= 4 is 11.9 Å². The van der Waals surface area contributed by atoms with E-state index in [0.717, 1.165) is 72.8 Å². The van der Waals surface area contributed by atoms with E-state index in [0.29, 0.717) is 61.9 Å². The van der Waals surface area contributed by atoms with Gasteiger partial charge in [-0.25, -0.2) is 9.59 Å². The Morgan fingerprint density at radius 1 is 0.696 bits per heavy atom. The van der Waals surface area contributed by atoms with Crippen LogP contribution in [0.4, 0.5) is 0 Å². The summed E-state index contributed by atoms with van der Waals surface area (Å²) in [4.78, 5) is 25.3. The number of carboxylic acid groups (broad SMARTS) is 2. The molecule has 0 saturated carbocycles. The fourth-order valence-electron chi connectivity index (χ4n) is 6.15. The number of aryl methyl sites for hydroxylation is 1. The number of unbranched alkanes of at least 4 members (excludes halogenated alkanes) is 3. The van der Waals surface area contributed by atoms with Crippen LogP contribution < -0.4 is 9.47 Å². The largest absolute Gasteiger partial charge is 0.490 e. The Labute approximate surface area is 271 Å². The molecule has 0 aliphatic carbocycles. The fraction of sp³-hybridized carbons (Fsp3) is 0.474. The fourth-order valence-corrected chi connectivity index (χ4v) is 6.15. The second-order valence-electron chi connectivity index (χ2n) is 12.3. The molecule has 2 aliphatic rings. The number of carboxylic acids is 2. The molecule has 0 spiro atoms. The summed E-state index contributed by atoms with van der Waals surface area (Å²) in [6.45, 7) is 8.51. The van der Waals surface area contributed by atoms with Crippen LogP contribution in [0.25, 0.3) is 22.3 Å². The molecule has 8 heteroatoms. The average molecular weight is 631 g/mol. The number of carbonyl (C=O) groups is 2. The summed E-state index contributed by atoms with van der Waals surface area (Å²) in [5, 5.41) is 20.7. The average Bonchev–Trinajstić information content (AvgIpc) is 3.98. The van der Waals surface area contributed by atoms with Gasteiger partial charge in [0, 0.05) is 22.3 Å². The Morgan fingerprint density at radius 3 is 1.74 bits per heavy atom. The summed E-state index contributed by atoms with van der Waals surface area (Å²) in [6.07, 6.45) is 8.00. The van der Waals surface area contributed by atoms with Gasteiger partial charge in [0.25, 0.3) is 0 Å². The van der Waals surface area contributed by atoms with Crippen molar-refractivity contribution in [3.8, 4) is 33.8 Å². The normalized spacial score (nSPS) is 16.7. The molecule has 2 N–H and O–H groups in total. The highest BCUT2D eigenvalue weighted by atomic mass is 16.6. The van der Waals surface area contributed by atoms with Gasteiger partial charge < -0.3 is 29.2 Å². The summed E-state index contributed by atoms with van der Waals surface area (Å²) < 4.78 is 23.1. The third-order valence-corrected chi connectivity index (χ3v) is 8.62. The van der Waals surface area contributed by atoms with Gasteiger partial charge in [0.1, 0.15) is 36.9 Å². The third kappa shape index (κ3) is 8.09. The second kappa shape index (κ2) is 15.6. The molecule has 3 aromatic carbocycles. The van der Waals surface area contributed by atoms with Crippen molar-refractivity contribution in [3.05, 3.63) is 70.3 Å². The van der Waals surface area contributed by atoms with Crippen molar-refractivity contribution in [1.82, 2.24) is 0 Å². The maximum Gasteiger partial charge on any atom is 0.336 e. The van der Waals surface area contributed by atoms with Crippen molar-refractivity contribution in [2.45, 2.75) is 90.8 Å². The zero-order valence-corrected chi connectivity index (χ0v) is 27.2. The van der Waals surface area contributed by atoms with E-state index >= 15 is 0 Å². The molecule has 46 heavy (non-hydrogen) atoms. The Morgan fingerprint density at radius 2 is 1.24 bits per heavy atom. The molecular weight excluding hydrogens is 584 g/mol. The van der Waals surface area contributed by atoms with Crippen LogP contribution in [0.1, 0.15) is 96.7 Å². The van der Waals surface area contributed by atoms with E-state index < -0.39 is 11.9 Å². The van der Waals surface area contributed by atoms with Crippen LogP contribution in [0.2, 0.25) is 0 Å². The number of rotatable bonds is 19. The van der Waals surface area contributed by atoms with Crippen LogP contribution in [0, 0.1) is 0 Å². The van der Waals surface area contributed by atoms with E-state index in [9.17, 15) is 19.8 Å². The predicted molar refractivity (Wildman–Crippen MR) is 178 cm³/mol. The van der Waals surface area contributed by atoms with Gasteiger partial charge >= 0.3 is 11.9 Å². The monoisotopic (exact) mass is 630 g/mol. The van der Waals surface area contributed by atoms with Crippen LogP contribution in [0.3, 0.4) is 0 Å². The van der Waals surface area contributed by atoms with Gasteiger partial charge in [0.05, 0.1) is 24.3 Å². The molecule has 2 saturated heterocycles. The highest BCUT2D eigenvalue weighted by molar-refractivity contribution is 6.00. The quantitative estimate of drug-likeness (QED) is 0.101. The Balaban J connectivity index is 1.68. The van der Waals surface area contributed by atoms with Crippen molar-refractivity contribution < 1.29 is 38.7 Å². The Hall–Kier alpha value is -3.88. The third-order valence-electron chi connectivity index (χ3n) is 8.62. The summed E-state index contributed by atoms with van der Waals surface area (Å²) >= 11 is 0. The van der Waals surface area contributed by atoms with Crippen LogP contribution in [0.5, 0.6) is 11.5 Å². The molecule has 5 rings (SSSR count). The van der Waals surface area contributed by atoms with Gasteiger partial charge in [0.15, 0.2) is 0 Å². The molecule has 0 bridgehead atoms. The first-order chi connectivity index (χ1) is 22.4. The Kier molecular flexibility index (Phi) is 11.4. The van der Waals surface area contributed by atoms with Crippen LogP contribution >= 0.6 is 0 Å². The SMILES string of the molecule is CCCCCCc1cc(-c2c(C(=O)O)ccc(OCC3CO3)c2CCC)ccc1-c1c(C(=O)O)ccc(OCC2CO2)c1CCC. The summed E-state index contributed by atoms with van der Waals surface area (Å²) in [7, 11) is 0. The van der Waals surface area contributed by atoms with Gasteiger partial charge in [-0.05, 0) is 66.6 Å². The summed E-state index contributed by atoms with van der Waals surface area (Å²) in [6, 6.07) is 12.8. The second-order valence-corrected chi connectivity index (χ2v) is 12.3. The van der Waals surface area contributed by atoms with Crippen molar-refractivity contribution in [1.29, 1.82) is 0 Å². The van der Waals surface area contributed by atoms with E-state index in [1.54, 1.807) is 24.3 Å². The zero-order valence-electron chi connectivity index (χ0n) is 27.2. The lowest BCUT2D eigenvalue weighted by Crippen LogP contribution is -2.11. The first kappa shape index (κ1) is 33.5. The van der Waals surface area contributed by atoms with Gasteiger partial charge in [0.2, 0.25) is 0 Å². The van der Waals surface area contributed by atoms with E-state index in [-0.39, 0.29) is 23.3 Å². The van der Waals surface area contributed by atoms with Crippen molar-refractivity contribution in [3.63, 3.8) is 0 Å². The van der Waals surface area contributed by atoms with E-state index in [1.165, 1.54) is 0 Å². The maximum absolute atomic E-state index is 12.7. The lowest BCUT2D eigenvalue weighted by atomic mass is 9.84. The van der Waals surface area contributed by atoms with Gasteiger partial charge in [-0.2, -0.15) is 0 Å². The highest BCUT2D eigenvalue weighted by Crippen LogP contribution is 2.42. The van der Waals surface area contributed by atoms with Crippen LogP contribution in [-0.4, -0.2) is 60.8 Å². The first-order valence-electron chi connectivity index (χ1n) is 16.8. The number of epoxide rings is 2. The first-order valence-corrected chi connectivity index (χ1v) is 16.8. The van der Waals surface area contributed by atoms with Crippen molar-refractivity contribution in [2.75, 3.05) is 26.4 Å².